The molecule has 1 heterocycles. The fraction of sp³-hybridized carbons (Fsp3) is 0.389. The fourth-order valence-electron chi connectivity index (χ4n) is 2.06. The van der Waals surface area contributed by atoms with Gasteiger partial charge in [-0.1, -0.05) is 50.2 Å². The van der Waals surface area contributed by atoms with Gasteiger partial charge in [-0.2, -0.15) is 0 Å². The highest BCUT2D eigenvalue weighted by Crippen LogP contribution is 2.23. The number of nitrogens with zero attached hydrogens (tertiary/aromatic N) is 1. The number of aromatic nitrogens is 1. The lowest BCUT2D eigenvalue weighted by molar-refractivity contribution is 0.106. The zero-order valence-corrected chi connectivity index (χ0v) is 12.8. The quantitative estimate of drug-likeness (QED) is 0.681. The number of hydrogen-bond donors (Lipinski definition) is 0. The molecule has 0 atom stereocenters. The second-order valence-electron chi connectivity index (χ2n) is 5.29. The molecule has 21 heavy (non-hydrogen) atoms. The molecule has 0 N–H and O–H groups in total. The first-order valence-corrected chi connectivity index (χ1v) is 7.46. The van der Waals surface area contributed by atoms with Crippen molar-refractivity contribution in [2.45, 2.75) is 32.8 Å². The molecular formula is C18H23NO2. The van der Waals surface area contributed by atoms with Crippen LogP contribution >= 0.6 is 0 Å². The highest BCUT2D eigenvalue weighted by molar-refractivity contribution is 5.28. The van der Waals surface area contributed by atoms with Crippen molar-refractivity contribution in [3.05, 3.63) is 59.8 Å². The van der Waals surface area contributed by atoms with E-state index in [1.165, 1.54) is 5.56 Å². The molecule has 3 heteroatoms. The summed E-state index contributed by atoms with van der Waals surface area (Å²) in [6.07, 6.45) is 2.63. The maximum Gasteiger partial charge on any atom is 0.216 e. The van der Waals surface area contributed by atoms with Gasteiger partial charge in [-0.25, -0.2) is 4.98 Å². The van der Waals surface area contributed by atoms with E-state index in [-0.39, 0.29) is 0 Å². The number of benzene rings is 1. The highest BCUT2D eigenvalue weighted by atomic mass is 16.5. The Hall–Kier alpha value is -1.87. The SMILES string of the molecule is CC(C)c1cccnc1OCCCOCc1ccccc1. The molecule has 0 saturated heterocycles. The molecule has 0 aliphatic carbocycles. The first-order valence-electron chi connectivity index (χ1n) is 7.46. The summed E-state index contributed by atoms with van der Waals surface area (Å²) in [5.41, 5.74) is 2.35. The van der Waals surface area contributed by atoms with Crippen molar-refractivity contribution in [2.24, 2.45) is 0 Å². The van der Waals surface area contributed by atoms with Crippen molar-refractivity contribution in [1.29, 1.82) is 0 Å². The molecule has 0 amide bonds. The summed E-state index contributed by atoms with van der Waals surface area (Å²) in [7, 11) is 0. The third kappa shape index (κ3) is 5.20. The Balaban J connectivity index is 1.66. The number of hydrogen-bond acceptors (Lipinski definition) is 3. The molecule has 0 fully saturated rings. The lowest BCUT2D eigenvalue weighted by atomic mass is 10.1. The van der Waals surface area contributed by atoms with Gasteiger partial charge in [-0.15, -0.1) is 0 Å². The van der Waals surface area contributed by atoms with Crippen molar-refractivity contribution in [3.63, 3.8) is 0 Å². The molecule has 0 saturated carbocycles. The number of pyridine rings is 1. The van der Waals surface area contributed by atoms with Crippen molar-refractivity contribution in [3.8, 4) is 5.88 Å². The maximum atomic E-state index is 5.76. The lowest BCUT2D eigenvalue weighted by Gasteiger charge is -2.12. The molecular weight excluding hydrogens is 262 g/mol. The van der Waals surface area contributed by atoms with Crippen LogP contribution in [0.4, 0.5) is 0 Å². The van der Waals surface area contributed by atoms with Crippen molar-refractivity contribution < 1.29 is 9.47 Å². The van der Waals surface area contributed by atoms with E-state index in [1.54, 1.807) is 6.20 Å². The van der Waals surface area contributed by atoms with E-state index in [1.807, 2.05) is 24.3 Å². The summed E-state index contributed by atoms with van der Waals surface area (Å²) in [5, 5.41) is 0. The van der Waals surface area contributed by atoms with E-state index in [0.717, 1.165) is 17.9 Å². The Labute approximate surface area is 126 Å². The summed E-state index contributed by atoms with van der Waals surface area (Å²) < 4.78 is 11.4. The first kappa shape index (κ1) is 15.5. The predicted octanol–water partition coefficient (Wildman–Crippen LogP) is 4.19. The molecule has 1 aromatic carbocycles. The standard InChI is InChI=1S/C18H23NO2/c1-15(2)17-10-6-11-19-18(17)21-13-7-12-20-14-16-8-4-3-5-9-16/h3-6,8-11,15H,7,12-14H2,1-2H3. The van der Waals surface area contributed by atoms with Crippen LogP contribution in [-0.2, 0) is 11.3 Å². The maximum absolute atomic E-state index is 5.76. The summed E-state index contributed by atoms with van der Waals surface area (Å²) in [5.74, 6) is 1.17. The van der Waals surface area contributed by atoms with Crippen LogP contribution in [0.1, 0.15) is 37.3 Å². The zero-order valence-electron chi connectivity index (χ0n) is 12.8. The Morgan fingerprint density at radius 1 is 1.00 bits per heavy atom. The monoisotopic (exact) mass is 285 g/mol. The van der Waals surface area contributed by atoms with Gasteiger partial charge < -0.3 is 9.47 Å². The topological polar surface area (TPSA) is 31.4 Å². The fourth-order valence-corrected chi connectivity index (χ4v) is 2.06. The van der Waals surface area contributed by atoms with Crippen LogP contribution in [0.2, 0.25) is 0 Å². The number of rotatable bonds is 8. The first-order chi connectivity index (χ1) is 10.3. The Bertz CT molecular complexity index is 526. The molecule has 0 unspecified atom stereocenters. The van der Waals surface area contributed by atoms with Gasteiger partial charge in [0.25, 0.3) is 0 Å². The van der Waals surface area contributed by atoms with Crippen LogP contribution in [0.5, 0.6) is 5.88 Å². The Morgan fingerprint density at radius 2 is 1.81 bits per heavy atom. The Kier molecular flexibility index (Phi) is 6.22. The predicted molar refractivity (Wildman–Crippen MR) is 84.5 cm³/mol. The molecule has 0 aliphatic rings. The molecule has 2 aromatic rings. The van der Waals surface area contributed by atoms with E-state index in [0.29, 0.717) is 25.7 Å². The molecule has 2 rings (SSSR count). The molecule has 1 aromatic heterocycles. The second-order valence-corrected chi connectivity index (χ2v) is 5.29. The van der Waals surface area contributed by atoms with Gasteiger partial charge in [-0.05, 0) is 17.5 Å². The minimum atomic E-state index is 0.419. The third-order valence-corrected chi connectivity index (χ3v) is 3.21. The van der Waals surface area contributed by atoms with Gasteiger partial charge in [0, 0.05) is 18.2 Å². The van der Waals surface area contributed by atoms with Crippen molar-refractivity contribution in [1.82, 2.24) is 4.98 Å². The van der Waals surface area contributed by atoms with E-state index >= 15 is 0 Å². The van der Waals surface area contributed by atoms with E-state index in [4.69, 9.17) is 9.47 Å². The molecule has 0 spiro atoms. The van der Waals surface area contributed by atoms with Gasteiger partial charge in [-0.3, -0.25) is 0 Å². The van der Waals surface area contributed by atoms with Crippen LogP contribution in [0.15, 0.2) is 48.7 Å². The van der Waals surface area contributed by atoms with Gasteiger partial charge in [0.1, 0.15) is 0 Å². The Morgan fingerprint density at radius 3 is 2.57 bits per heavy atom. The average Bonchev–Trinajstić information content (AvgIpc) is 2.52. The minimum Gasteiger partial charge on any atom is -0.477 e. The molecule has 0 bridgehead atoms. The van der Waals surface area contributed by atoms with Crippen LogP contribution in [0.25, 0.3) is 0 Å². The minimum absolute atomic E-state index is 0.419. The summed E-state index contributed by atoms with van der Waals surface area (Å²) >= 11 is 0. The van der Waals surface area contributed by atoms with Crippen LogP contribution in [-0.4, -0.2) is 18.2 Å². The zero-order chi connectivity index (χ0) is 14.9. The van der Waals surface area contributed by atoms with Gasteiger partial charge in [0.15, 0.2) is 0 Å². The van der Waals surface area contributed by atoms with Gasteiger partial charge >= 0.3 is 0 Å². The summed E-state index contributed by atoms with van der Waals surface area (Å²) in [4.78, 5) is 4.30. The second kappa shape index (κ2) is 8.42. The number of ether oxygens (including phenoxy) is 2. The molecule has 3 nitrogen and oxygen atoms in total. The molecule has 0 radical (unpaired) electrons. The molecule has 0 aliphatic heterocycles. The van der Waals surface area contributed by atoms with E-state index < -0.39 is 0 Å². The van der Waals surface area contributed by atoms with Crippen LogP contribution < -0.4 is 4.74 Å². The normalized spacial score (nSPS) is 10.8. The third-order valence-electron chi connectivity index (χ3n) is 3.21. The largest absolute Gasteiger partial charge is 0.477 e. The van der Waals surface area contributed by atoms with Crippen molar-refractivity contribution >= 4 is 0 Å². The van der Waals surface area contributed by atoms with Gasteiger partial charge in [0.05, 0.1) is 19.8 Å². The highest BCUT2D eigenvalue weighted by Gasteiger charge is 2.07. The summed E-state index contributed by atoms with van der Waals surface area (Å²) in [6.45, 7) is 6.27. The van der Waals surface area contributed by atoms with Crippen LogP contribution in [0, 0.1) is 0 Å². The summed E-state index contributed by atoms with van der Waals surface area (Å²) in [6, 6.07) is 14.2. The van der Waals surface area contributed by atoms with E-state index in [2.05, 4.69) is 37.0 Å². The van der Waals surface area contributed by atoms with Gasteiger partial charge in [0.2, 0.25) is 5.88 Å². The lowest BCUT2D eigenvalue weighted by Crippen LogP contribution is -2.06. The average molecular weight is 285 g/mol. The van der Waals surface area contributed by atoms with E-state index in [9.17, 15) is 0 Å². The molecule has 112 valence electrons. The van der Waals surface area contributed by atoms with Crippen molar-refractivity contribution in [2.75, 3.05) is 13.2 Å². The van der Waals surface area contributed by atoms with Crippen LogP contribution in [0.3, 0.4) is 0 Å². The smallest absolute Gasteiger partial charge is 0.216 e.